The van der Waals surface area contributed by atoms with Crippen molar-refractivity contribution in [3.8, 4) is 11.9 Å². The molecular weight excluding hydrogens is 384 g/mol. The number of likely N-dealkylation sites (tertiary alicyclic amines) is 2. The SMILES string of the molecule is COc1cccc(NC(=NC2CCCCN(CC(=O)N3CCCC3)C2=O)NC#N)c1. The highest BCUT2D eigenvalue weighted by Crippen LogP contribution is 2.19. The lowest BCUT2D eigenvalue weighted by atomic mass is 10.1. The smallest absolute Gasteiger partial charge is 0.247 e. The number of aliphatic imine (C=N–C) groups is 1. The van der Waals surface area contributed by atoms with E-state index in [1.165, 1.54) is 0 Å². The Kier molecular flexibility index (Phi) is 7.49. The summed E-state index contributed by atoms with van der Waals surface area (Å²) in [4.78, 5) is 33.5. The highest BCUT2D eigenvalue weighted by atomic mass is 16.5. The summed E-state index contributed by atoms with van der Waals surface area (Å²) < 4.78 is 5.21. The van der Waals surface area contributed by atoms with Gasteiger partial charge in [-0.2, -0.15) is 5.26 Å². The number of hydrogen-bond acceptors (Lipinski definition) is 5. The van der Waals surface area contributed by atoms with Gasteiger partial charge in [-0.05, 0) is 44.2 Å². The summed E-state index contributed by atoms with van der Waals surface area (Å²) in [5.41, 5.74) is 0.679. The van der Waals surface area contributed by atoms with Gasteiger partial charge in [-0.15, -0.1) is 0 Å². The topological polar surface area (TPSA) is 110 Å². The quantitative estimate of drug-likeness (QED) is 0.329. The predicted octanol–water partition coefficient (Wildman–Crippen LogP) is 1.54. The molecule has 3 rings (SSSR count). The van der Waals surface area contributed by atoms with E-state index in [9.17, 15) is 9.59 Å². The molecular formula is C21H28N6O3. The van der Waals surface area contributed by atoms with E-state index in [0.717, 1.165) is 38.8 Å². The Morgan fingerprint density at radius 3 is 2.77 bits per heavy atom. The van der Waals surface area contributed by atoms with Crippen molar-refractivity contribution in [3.05, 3.63) is 24.3 Å². The third kappa shape index (κ3) is 5.63. The van der Waals surface area contributed by atoms with E-state index in [-0.39, 0.29) is 24.3 Å². The van der Waals surface area contributed by atoms with Crippen molar-refractivity contribution >= 4 is 23.5 Å². The number of guanidine groups is 1. The van der Waals surface area contributed by atoms with Gasteiger partial charge in [-0.25, -0.2) is 4.99 Å². The van der Waals surface area contributed by atoms with Gasteiger partial charge in [0.05, 0.1) is 13.7 Å². The van der Waals surface area contributed by atoms with Crippen molar-refractivity contribution in [1.29, 1.82) is 5.26 Å². The summed E-state index contributed by atoms with van der Waals surface area (Å²) in [5, 5.41) is 14.7. The molecule has 2 aliphatic rings. The van der Waals surface area contributed by atoms with Crippen LogP contribution in [-0.4, -0.2) is 66.9 Å². The number of ether oxygens (including phenoxy) is 1. The van der Waals surface area contributed by atoms with E-state index in [2.05, 4.69) is 15.6 Å². The second kappa shape index (κ2) is 10.5. The molecule has 0 bridgehead atoms. The number of anilines is 1. The normalized spacial score (nSPS) is 19.8. The number of hydrogen-bond donors (Lipinski definition) is 2. The minimum Gasteiger partial charge on any atom is -0.497 e. The average Bonchev–Trinajstić information content (AvgIpc) is 3.24. The predicted molar refractivity (Wildman–Crippen MR) is 113 cm³/mol. The van der Waals surface area contributed by atoms with Crippen LogP contribution in [0.2, 0.25) is 0 Å². The molecule has 2 amide bonds. The Balaban J connectivity index is 1.72. The second-order valence-electron chi connectivity index (χ2n) is 7.43. The van der Waals surface area contributed by atoms with Gasteiger partial charge in [0.25, 0.3) is 0 Å². The van der Waals surface area contributed by atoms with Crippen LogP contribution in [0.25, 0.3) is 0 Å². The minimum atomic E-state index is -0.646. The van der Waals surface area contributed by atoms with Crippen LogP contribution in [0.5, 0.6) is 5.75 Å². The molecule has 9 nitrogen and oxygen atoms in total. The van der Waals surface area contributed by atoms with Gasteiger partial charge >= 0.3 is 0 Å². The van der Waals surface area contributed by atoms with Crippen LogP contribution >= 0.6 is 0 Å². The van der Waals surface area contributed by atoms with Crippen LogP contribution in [0.15, 0.2) is 29.3 Å². The number of nitrogens with one attached hydrogen (secondary N) is 2. The van der Waals surface area contributed by atoms with Crippen LogP contribution in [-0.2, 0) is 9.59 Å². The van der Waals surface area contributed by atoms with E-state index in [0.29, 0.717) is 24.4 Å². The third-order valence-corrected chi connectivity index (χ3v) is 5.33. The third-order valence-electron chi connectivity index (χ3n) is 5.33. The van der Waals surface area contributed by atoms with E-state index < -0.39 is 6.04 Å². The molecule has 30 heavy (non-hydrogen) atoms. The first-order chi connectivity index (χ1) is 14.6. The first kappa shape index (κ1) is 21.4. The van der Waals surface area contributed by atoms with Crippen molar-refractivity contribution < 1.29 is 14.3 Å². The molecule has 1 atom stereocenters. The van der Waals surface area contributed by atoms with Crippen molar-refractivity contribution in [2.24, 2.45) is 4.99 Å². The molecule has 0 aromatic heterocycles. The zero-order chi connectivity index (χ0) is 21.3. The average molecular weight is 412 g/mol. The molecule has 1 aromatic carbocycles. The molecule has 0 aliphatic carbocycles. The van der Waals surface area contributed by atoms with Crippen LogP contribution in [0.4, 0.5) is 5.69 Å². The highest BCUT2D eigenvalue weighted by Gasteiger charge is 2.30. The lowest BCUT2D eigenvalue weighted by Gasteiger charge is -2.25. The summed E-state index contributed by atoms with van der Waals surface area (Å²) >= 11 is 0. The zero-order valence-electron chi connectivity index (χ0n) is 17.3. The monoisotopic (exact) mass is 412 g/mol. The van der Waals surface area contributed by atoms with E-state index >= 15 is 0 Å². The largest absolute Gasteiger partial charge is 0.497 e. The molecule has 9 heteroatoms. The van der Waals surface area contributed by atoms with Gasteiger partial charge < -0.3 is 19.9 Å². The van der Waals surface area contributed by atoms with Crippen LogP contribution in [0, 0.1) is 11.5 Å². The van der Waals surface area contributed by atoms with Crippen molar-refractivity contribution in [3.63, 3.8) is 0 Å². The Morgan fingerprint density at radius 1 is 1.27 bits per heavy atom. The number of carbonyl (C=O) groups is 2. The number of rotatable bonds is 5. The van der Waals surface area contributed by atoms with E-state index in [1.54, 1.807) is 18.1 Å². The van der Waals surface area contributed by atoms with Gasteiger partial charge in [0.15, 0.2) is 6.19 Å². The highest BCUT2D eigenvalue weighted by molar-refractivity contribution is 5.97. The number of nitrogens with zero attached hydrogens (tertiary/aromatic N) is 4. The maximum Gasteiger partial charge on any atom is 0.247 e. The minimum absolute atomic E-state index is 0.00430. The molecule has 2 N–H and O–H groups in total. The van der Waals surface area contributed by atoms with Gasteiger partial charge in [-0.3, -0.25) is 14.9 Å². The molecule has 2 aliphatic heterocycles. The van der Waals surface area contributed by atoms with Gasteiger partial charge in [0, 0.05) is 31.4 Å². The first-order valence-corrected chi connectivity index (χ1v) is 10.3. The van der Waals surface area contributed by atoms with Crippen molar-refractivity contribution in [2.45, 2.75) is 38.1 Å². The molecule has 0 spiro atoms. The van der Waals surface area contributed by atoms with Crippen molar-refractivity contribution in [1.82, 2.24) is 15.1 Å². The summed E-state index contributed by atoms with van der Waals surface area (Å²) in [6, 6.07) is 6.56. The standard InChI is InChI=1S/C21H28N6O3/c1-30-17-8-6-7-16(13-17)24-21(23-15-22)25-18-9-2-3-12-27(20(18)29)14-19(28)26-10-4-5-11-26/h6-8,13,18H,2-5,9-12,14H2,1H3,(H2,23,24,25). The molecule has 2 fully saturated rings. The van der Waals surface area contributed by atoms with E-state index in [4.69, 9.17) is 10.00 Å². The first-order valence-electron chi connectivity index (χ1n) is 10.3. The van der Waals surface area contributed by atoms with Crippen LogP contribution in [0.3, 0.4) is 0 Å². The lowest BCUT2D eigenvalue weighted by Crippen LogP contribution is -2.45. The maximum atomic E-state index is 13.1. The number of carbonyl (C=O) groups excluding carboxylic acids is 2. The Labute approximate surface area is 176 Å². The van der Waals surface area contributed by atoms with Crippen molar-refractivity contribution in [2.75, 3.05) is 38.6 Å². The number of benzene rings is 1. The number of nitriles is 1. The van der Waals surface area contributed by atoms with Crippen LogP contribution < -0.4 is 15.4 Å². The Morgan fingerprint density at radius 2 is 2.03 bits per heavy atom. The Bertz CT molecular complexity index is 828. The van der Waals surface area contributed by atoms with Crippen LogP contribution in [0.1, 0.15) is 32.1 Å². The summed E-state index contributed by atoms with van der Waals surface area (Å²) in [6.45, 7) is 2.18. The summed E-state index contributed by atoms with van der Waals surface area (Å²) in [6.07, 6.45) is 6.12. The summed E-state index contributed by atoms with van der Waals surface area (Å²) in [7, 11) is 1.57. The lowest BCUT2D eigenvalue weighted by molar-refractivity contribution is -0.140. The Hall–Kier alpha value is -3.28. The van der Waals surface area contributed by atoms with Gasteiger partial charge in [0.2, 0.25) is 17.8 Å². The molecule has 1 aromatic rings. The molecule has 0 saturated carbocycles. The fourth-order valence-electron chi connectivity index (χ4n) is 3.73. The fraction of sp³-hybridized carbons (Fsp3) is 0.524. The maximum absolute atomic E-state index is 13.1. The molecule has 160 valence electrons. The fourth-order valence-corrected chi connectivity index (χ4v) is 3.73. The molecule has 0 radical (unpaired) electrons. The van der Waals surface area contributed by atoms with E-state index in [1.807, 2.05) is 29.3 Å². The summed E-state index contributed by atoms with van der Waals surface area (Å²) in [5.74, 6) is 0.672. The van der Waals surface area contributed by atoms with Gasteiger partial charge in [-0.1, -0.05) is 6.07 Å². The second-order valence-corrected chi connectivity index (χ2v) is 7.43. The molecule has 2 heterocycles. The number of methoxy groups -OCH3 is 1. The van der Waals surface area contributed by atoms with Gasteiger partial charge in [0.1, 0.15) is 11.8 Å². The zero-order valence-corrected chi connectivity index (χ0v) is 17.3. The molecule has 2 saturated heterocycles. The molecule has 1 unspecified atom stereocenters. The number of amides is 2.